The molecule has 3 rings (SSSR count). The molecule has 0 aliphatic carbocycles. The first-order chi connectivity index (χ1) is 16.5. The maximum absolute atomic E-state index is 12.8. The van der Waals surface area contributed by atoms with E-state index in [1.165, 1.54) is 4.31 Å². The van der Waals surface area contributed by atoms with Crippen LogP contribution in [-0.2, 0) is 16.6 Å². The molecule has 2 aromatic rings. The number of rotatable bonds is 11. The van der Waals surface area contributed by atoms with E-state index in [4.69, 9.17) is 4.74 Å². The molecule has 34 heavy (non-hydrogen) atoms. The Labute approximate surface area is 203 Å². The van der Waals surface area contributed by atoms with Crippen molar-refractivity contribution in [1.82, 2.24) is 9.79 Å². The zero-order valence-electron chi connectivity index (χ0n) is 19.8. The van der Waals surface area contributed by atoms with Crippen LogP contribution in [-0.4, -0.2) is 55.9 Å². The number of unbranched alkanes of at least 4 members (excludes halogenated alkanes) is 3. The van der Waals surface area contributed by atoms with Gasteiger partial charge < -0.3 is 14.8 Å². The standard InChI is InChI=1S/C26H35N3O4S/c1-2-3-4-5-9-12-24(27-30)22-34(31,32)29-19-17-28(18-20-29)25-13-15-26(16-14-25)33-21-23-10-7-6-8-11-23/h6-8,10-11,13-16,24,27,30H,2-5,17-22H2,1H3. The second-order valence-corrected chi connectivity index (χ2v) is 10.4. The van der Waals surface area contributed by atoms with Gasteiger partial charge in [-0.3, -0.25) is 0 Å². The zero-order chi connectivity index (χ0) is 24.2. The summed E-state index contributed by atoms with van der Waals surface area (Å²) in [6, 6.07) is 17.1. The van der Waals surface area contributed by atoms with Crippen LogP contribution in [0.25, 0.3) is 0 Å². The minimum absolute atomic E-state index is 0.238. The molecular formula is C26H35N3O4S. The fourth-order valence-corrected chi connectivity index (χ4v) is 5.31. The Kier molecular flexibility index (Phi) is 10.2. The van der Waals surface area contributed by atoms with Crippen molar-refractivity contribution in [2.24, 2.45) is 0 Å². The van der Waals surface area contributed by atoms with E-state index in [1.807, 2.05) is 60.1 Å². The summed E-state index contributed by atoms with van der Waals surface area (Å²) in [5.74, 6) is 6.38. The van der Waals surface area contributed by atoms with Crippen LogP contribution in [0.5, 0.6) is 5.75 Å². The van der Waals surface area contributed by atoms with Crippen molar-refractivity contribution in [2.45, 2.75) is 45.3 Å². The number of ether oxygens (including phenoxy) is 1. The summed E-state index contributed by atoms with van der Waals surface area (Å²) in [7, 11) is -3.53. The average molecular weight is 486 g/mol. The number of sulfonamides is 1. The third kappa shape index (κ3) is 8.03. The van der Waals surface area contributed by atoms with Crippen molar-refractivity contribution >= 4 is 15.7 Å². The van der Waals surface area contributed by atoms with E-state index >= 15 is 0 Å². The summed E-state index contributed by atoms with van der Waals surface area (Å²) in [5, 5.41) is 9.35. The van der Waals surface area contributed by atoms with Crippen LogP contribution in [0.2, 0.25) is 0 Å². The highest BCUT2D eigenvalue weighted by Gasteiger charge is 2.29. The van der Waals surface area contributed by atoms with Gasteiger partial charge in [-0.15, -0.1) is 5.92 Å². The summed E-state index contributed by atoms with van der Waals surface area (Å²) in [6.45, 7) is 4.64. The first-order valence-corrected chi connectivity index (χ1v) is 13.5. The van der Waals surface area contributed by atoms with E-state index < -0.39 is 16.1 Å². The fraction of sp³-hybridized carbons (Fsp3) is 0.462. The van der Waals surface area contributed by atoms with Crippen LogP contribution in [0.15, 0.2) is 54.6 Å². The molecule has 1 saturated heterocycles. The lowest BCUT2D eigenvalue weighted by Crippen LogP contribution is -2.51. The second kappa shape index (κ2) is 13.4. The Bertz CT molecular complexity index is 1030. The van der Waals surface area contributed by atoms with Gasteiger partial charge in [0, 0.05) is 38.3 Å². The lowest BCUT2D eigenvalue weighted by Gasteiger charge is -2.35. The molecule has 1 atom stereocenters. The Balaban J connectivity index is 1.47. The Hall–Kier alpha value is -2.57. The molecule has 0 amide bonds. The van der Waals surface area contributed by atoms with Gasteiger partial charge in [-0.1, -0.05) is 56.0 Å². The van der Waals surface area contributed by atoms with Crippen molar-refractivity contribution in [2.75, 3.05) is 36.8 Å². The third-order valence-corrected chi connectivity index (χ3v) is 7.70. The quantitative estimate of drug-likeness (QED) is 0.287. The SMILES string of the molecule is CCCCCC#CC(CS(=O)(=O)N1CCN(c2ccc(OCc3ccccc3)cc2)CC1)NO. The largest absolute Gasteiger partial charge is 0.489 e. The number of hydrogen-bond acceptors (Lipinski definition) is 6. The predicted molar refractivity (Wildman–Crippen MR) is 135 cm³/mol. The van der Waals surface area contributed by atoms with E-state index in [0.717, 1.165) is 36.3 Å². The first-order valence-electron chi connectivity index (χ1n) is 11.9. The van der Waals surface area contributed by atoms with Gasteiger partial charge in [-0.2, -0.15) is 9.79 Å². The highest BCUT2D eigenvalue weighted by atomic mass is 32.2. The molecule has 8 heteroatoms. The first kappa shape index (κ1) is 26.0. The zero-order valence-corrected chi connectivity index (χ0v) is 20.6. The van der Waals surface area contributed by atoms with Crippen LogP contribution in [0.3, 0.4) is 0 Å². The van der Waals surface area contributed by atoms with Crippen LogP contribution >= 0.6 is 0 Å². The molecule has 0 aromatic heterocycles. The van der Waals surface area contributed by atoms with Gasteiger partial charge in [0.1, 0.15) is 18.4 Å². The van der Waals surface area contributed by atoms with Crippen LogP contribution in [0.4, 0.5) is 5.69 Å². The molecule has 2 aromatic carbocycles. The third-order valence-electron chi connectivity index (χ3n) is 5.80. The molecular weight excluding hydrogens is 450 g/mol. The lowest BCUT2D eigenvalue weighted by atomic mass is 10.2. The summed E-state index contributed by atoms with van der Waals surface area (Å²) in [6.07, 6.45) is 3.89. The van der Waals surface area contributed by atoms with Gasteiger partial charge in [0.2, 0.25) is 10.0 Å². The topological polar surface area (TPSA) is 82.1 Å². The summed E-state index contributed by atoms with van der Waals surface area (Å²) >= 11 is 0. The number of anilines is 1. The smallest absolute Gasteiger partial charge is 0.216 e. The monoisotopic (exact) mass is 485 g/mol. The van der Waals surface area contributed by atoms with Crippen LogP contribution < -0.4 is 15.1 Å². The molecule has 0 bridgehead atoms. The maximum atomic E-state index is 12.8. The van der Waals surface area contributed by atoms with Crippen molar-refractivity contribution in [3.63, 3.8) is 0 Å². The Morgan fingerprint density at radius 1 is 1.03 bits per heavy atom. The maximum Gasteiger partial charge on any atom is 0.216 e. The lowest BCUT2D eigenvalue weighted by molar-refractivity contribution is 0.153. The number of hydroxylamine groups is 1. The number of hydrogen-bond donors (Lipinski definition) is 2. The van der Waals surface area contributed by atoms with Crippen molar-refractivity contribution in [3.05, 3.63) is 60.2 Å². The molecule has 1 heterocycles. The summed E-state index contributed by atoms with van der Waals surface area (Å²) in [4.78, 5) is 2.17. The molecule has 0 spiro atoms. The fourth-order valence-electron chi connectivity index (χ4n) is 3.80. The van der Waals surface area contributed by atoms with Crippen LogP contribution in [0, 0.1) is 11.8 Å². The number of benzene rings is 2. The molecule has 0 saturated carbocycles. The molecule has 1 fully saturated rings. The van der Waals surface area contributed by atoms with Gasteiger partial charge in [0.25, 0.3) is 0 Å². The minimum atomic E-state index is -3.53. The van der Waals surface area contributed by atoms with Crippen molar-refractivity contribution < 1.29 is 18.4 Å². The van der Waals surface area contributed by atoms with Gasteiger partial charge in [-0.25, -0.2) is 8.42 Å². The van der Waals surface area contributed by atoms with Gasteiger partial charge in [-0.05, 0) is 36.2 Å². The molecule has 7 nitrogen and oxygen atoms in total. The van der Waals surface area contributed by atoms with E-state index in [9.17, 15) is 13.6 Å². The minimum Gasteiger partial charge on any atom is -0.489 e. The normalized spacial score (nSPS) is 15.4. The van der Waals surface area contributed by atoms with Crippen molar-refractivity contribution in [3.8, 4) is 17.6 Å². The predicted octanol–water partition coefficient (Wildman–Crippen LogP) is 3.65. The van der Waals surface area contributed by atoms with Gasteiger partial charge in [0.15, 0.2) is 0 Å². The van der Waals surface area contributed by atoms with E-state index in [1.54, 1.807) is 0 Å². The molecule has 1 aliphatic heterocycles. The van der Waals surface area contributed by atoms with Crippen LogP contribution in [0.1, 0.15) is 38.2 Å². The number of nitrogens with zero attached hydrogens (tertiary/aromatic N) is 2. The molecule has 1 unspecified atom stereocenters. The highest BCUT2D eigenvalue weighted by Crippen LogP contribution is 2.22. The summed E-state index contributed by atoms with van der Waals surface area (Å²) in [5.41, 5.74) is 4.20. The van der Waals surface area contributed by atoms with Crippen molar-refractivity contribution in [1.29, 1.82) is 0 Å². The number of nitrogens with one attached hydrogen (secondary N) is 1. The number of piperazine rings is 1. The highest BCUT2D eigenvalue weighted by molar-refractivity contribution is 7.89. The Morgan fingerprint density at radius 2 is 1.74 bits per heavy atom. The van der Waals surface area contributed by atoms with Gasteiger partial charge >= 0.3 is 0 Å². The van der Waals surface area contributed by atoms with Gasteiger partial charge in [0.05, 0.1) is 5.75 Å². The molecule has 184 valence electrons. The Morgan fingerprint density at radius 3 is 2.38 bits per heavy atom. The van der Waals surface area contributed by atoms with E-state index in [2.05, 4.69) is 23.7 Å². The van der Waals surface area contributed by atoms with E-state index in [-0.39, 0.29) is 5.75 Å². The summed E-state index contributed by atoms with van der Waals surface area (Å²) < 4.78 is 33.0. The van der Waals surface area contributed by atoms with E-state index in [0.29, 0.717) is 39.2 Å². The second-order valence-electron chi connectivity index (χ2n) is 8.39. The molecule has 1 aliphatic rings. The molecule has 0 radical (unpaired) electrons. The average Bonchev–Trinajstić information content (AvgIpc) is 2.87. The molecule has 2 N–H and O–H groups in total.